The highest BCUT2D eigenvalue weighted by Crippen LogP contribution is 2.22. The van der Waals surface area contributed by atoms with Gasteiger partial charge in [0.1, 0.15) is 0 Å². The molecule has 2 heterocycles. The van der Waals surface area contributed by atoms with E-state index in [1.54, 1.807) is 11.8 Å². The second-order valence-corrected chi connectivity index (χ2v) is 6.10. The van der Waals surface area contributed by atoms with E-state index in [0.717, 1.165) is 44.0 Å². The maximum absolute atomic E-state index is 12.2. The van der Waals surface area contributed by atoms with Crippen molar-refractivity contribution in [2.75, 3.05) is 24.7 Å². The zero-order valence-corrected chi connectivity index (χ0v) is 11.4. The van der Waals surface area contributed by atoms with Crippen molar-refractivity contribution in [1.82, 2.24) is 10.2 Å². The number of amides is 2. The summed E-state index contributed by atoms with van der Waals surface area (Å²) in [6.07, 6.45) is 3.38. The molecule has 2 saturated heterocycles. The molecule has 2 aliphatic rings. The fraction of sp³-hybridized carbons (Fsp3) is 0.833. The van der Waals surface area contributed by atoms with Crippen LogP contribution in [0.4, 0.5) is 0 Å². The maximum Gasteiger partial charge on any atom is 0.240 e. The van der Waals surface area contributed by atoms with Crippen molar-refractivity contribution >= 4 is 23.6 Å². The number of rotatable bonds is 4. The molecule has 2 atom stereocenters. The Morgan fingerprint density at radius 3 is 2.94 bits per heavy atom. The van der Waals surface area contributed by atoms with Gasteiger partial charge in [0.2, 0.25) is 11.8 Å². The van der Waals surface area contributed by atoms with Crippen LogP contribution in [-0.2, 0) is 9.59 Å². The Bertz CT molecular complexity index is 318. The number of likely N-dealkylation sites (tertiary alicyclic amines) is 1. The van der Waals surface area contributed by atoms with E-state index in [0.29, 0.717) is 12.3 Å². The molecular formula is C12H21N3O2S. The number of thioether (sulfide) groups is 1. The Hall–Kier alpha value is -0.750. The summed E-state index contributed by atoms with van der Waals surface area (Å²) in [5.74, 6) is 2.16. The molecule has 0 aromatic rings. The predicted octanol–water partition coefficient (Wildman–Crippen LogP) is 0.153. The van der Waals surface area contributed by atoms with Gasteiger partial charge in [-0.25, -0.2) is 0 Å². The van der Waals surface area contributed by atoms with Gasteiger partial charge in [-0.2, -0.15) is 0 Å². The molecular weight excluding hydrogens is 250 g/mol. The highest BCUT2D eigenvalue weighted by molar-refractivity contribution is 7.99. The standard InChI is InChI=1S/C12H21N3O2S/c13-11(16)4-3-9-2-1-5-15(6-9)12(17)10-7-18-8-14-10/h9-10,14H,1-8H2,(H2,13,16)/t9-,10+/m0/s1. The number of hydrogen-bond acceptors (Lipinski definition) is 4. The van der Waals surface area contributed by atoms with Gasteiger partial charge in [-0.05, 0) is 25.2 Å². The minimum absolute atomic E-state index is 0.00936. The molecule has 0 aromatic carbocycles. The van der Waals surface area contributed by atoms with Gasteiger partial charge in [0.15, 0.2) is 0 Å². The summed E-state index contributed by atoms with van der Waals surface area (Å²) in [5.41, 5.74) is 5.17. The molecule has 0 spiro atoms. The third-order valence-electron chi connectivity index (χ3n) is 3.64. The topological polar surface area (TPSA) is 75.4 Å². The van der Waals surface area contributed by atoms with Crippen molar-refractivity contribution in [2.24, 2.45) is 11.7 Å². The number of primary amides is 1. The van der Waals surface area contributed by atoms with Crippen LogP contribution in [0, 0.1) is 5.92 Å². The molecule has 0 aromatic heterocycles. The van der Waals surface area contributed by atoms with Gasteiger partial charge in [-0.1, -0.05) is 0 Å². The molecule has 18 heavy (non-hydrogen) atoms. The van der Waals surface area contributed by atoms with Crippen LogP contribution in [0.1, 0.15) is 25.7 Å². The lowest BCUT2D eigenvalue weighted by Crippen LogP contribution is -2.48. The van der Waals surface area contributed by atoms with E-state index < -0.39 is 0 Å². The Balaban J connectivity index is 1.81. The molecule has 0 radical (unpaired) electrons. The van der Waals surface area contributed by atoms with Crippen LogP contribution < -0.4 is 11.1 Å². The van der Waals surface area contributed by atoms with Gasteiger partial charge >= 0.3 is 0 Å². The molecule has 6 heteroatoms. The van der Waals surface area contributed by atoms with Crippen molar-refractivity contribution < 1.29 is 9.59 Å². The van der Waals surface area contributed by atoms with Gasteiger partial charge in [0.25, 0.3) is 0 Å². The smallest absolute Gasteiger partial charge is 0.240 e. The highest BCUT2D eigenvalue weighted by Gasteiger charge is 2.30. The van der Waals surface area contributed by atoms with Crippen molar-refractivity contribution in [3.8, 4) is 0 Å². The van der Waals surface area contributed by atoms with Gasteiger partial charge in [0, 0.05) is 31.1 Å². The first-order valence-corrected chi connectivity index (χ1v) is 7.70. The molecule has 5 nitrogen and oxygen atoms in total. The molecule has 2 aliphatic heterocycles. The lowest BCUT2D eigenvalue weighted by atomic mass is 9.93. The van der Waals surface area contributed by atoms with Crippen LogP contribution in [0.2, 0.25) is 0 Å². The van der Waals surface area contributed by atoms with Crippen molar-refractivity contribution in [3.05, 3.63) is 0 Å². The number of nitrogens with one attached hydrogen (secondary N) is 1. The largest absolute Gasteiger partial charge is 0.370 e. The number of hydrogen-bond donors (Lipinski definition) is 2. The average Bonchev–Trinajstić information content (AvgIpc) is 2.89. The summed E-state index contributed by atoms with van der Waals surface area (Å²) in [7, 11) is 0. The van der Waals surface area contributed by atoms with E-state index in [9.17, 15) is 9.59 Å². The molecule has 0 unspecified atom stereocenters. The van der Waals surface area contributed by atoms with Gasteiger partial charge in [0.05, 0.1) is 6.04 Å². The summed E-state index contributed by atoms with van der Waals surface area (Å²) in [4.78, 5) is 25.0. The summed E-state index contributed by atoms with van der Waals surface area (Å²) < 4.78 is 0. The van der Waals surface area contributed by atoms with E-state index in [1.165, 1.54) is 0 Å². The maximum atomic E-state index is 12.2. The minimum atomic E-state index is -0.243. The molecule has 2 fully saturated rings. The SMILES string of the molecule is NC(=O)CC[C@@H]1CCCN(C(=O)[C@H]2CSCN2)C1. The van der Waals surface area contributed by atoms with Crippen molar-refractivity contribution in [1.29, 1.82) is 0 Å². The number of piperidine rings is 1. The first-order valence-electron chi connectivity index (χ1n) is 6.55. The molecule has 0 bridgehead atoms. The normalized spacial score (nSPS) is 28.3. The second kappa shape index (κ2) is 6.43. The highest BCUT2D eigenvalue weighted by atomic mass is 32.2. The zero-order valence-electron chi connectivity index (χ0n) is 10.6. The van der Waals surface area contributed by atoms with Gasteiger partial charge < -0.3 is 10.6 Å². The molecule has 2 rings (SSSR count). The second-order valence-electron chi connectivity index (χ2n) is 5.07. The Morgan fingerprint density at radius 1 is 1.44 bits per heavy atom. The summed E-state index contributed by atoms with van der Waals surface area (Å²) >= 11 is 1.77. The van der Waals surface area contributed by atoms with Crippen LogP contribution in [0.5, 0.6) is 0 Å². The molecule has 0 saturated carbocycles. The van der Waals surface area contributed by atoms with E-state index >= 15 is 0 Å². The summed E-state index contributed by atoms with van der Waals surface area (Å²) in [6.45, 7) is 1.64. The monoisotopic (exact) mass is 271 g/mol. The third kappa shape index (κ3) is 3.62. The molecule has 2 amide bonds. The third-order valence-corrected chi connectivity index (χ3v) is 4.58. The average molecular weight is 271 g/mol. The summed E-state index contributed by atoms with van der Waals surface area (Å²) in [6, 6.07) is -0.00936. The van der Waals surface area contributed by atoms with Crippen molar-refractivity contribution in [2.45, 2.75) is 31.7 Å². The van der Waals surface area contributed by atoms with Gasteiger partial charge in [-0.3, -0.25) is 14.9 Å². The Kier molecular flexibility index (Phi) is 4.88. The first kappa shape index (κ1) is 13.7. The fourth-order valence-electron chi connectivity index (χ4n) is 2.62. The summed E-state index contributed by atoms with van der Waals surface area (Å²) in [5, 5.41) is 3.22. The van der Waals surface area contributed by atoms with E-state index in [4.69, 9.17) is 5.73 Å². The molecule has 3 N–H and O–H groups in total. The molecule has 102 valence electrons. The number of carbonyl (C=O) groups is 2. The Morgan fingerprint density at radius 2 is 2.28 bits per heavy atom. The van der Waals surface area contributed by atoms with E-state index in [1.807, 2.05) is 4.90 Å². The van der Waals surface area contributed by atoms with Crippen molar-refractivity contribution in [3.63, 3.8) is 0 Å². The van der Waals surface area contributed by atoms with Gasteiger partial charge in [-0.15, -0.1) is 11.8 Å². The number of carbonyl (C=O) groups excluding carboxylic acids is 2. The lowest BCUT2D eigenvalue weighted by Gasteiger charge is -2.34. The molecule has 0 aliphatic carbocycles. The fourth-order valence-corrected chi connectivity index (χ4v) is 3.55. The van der Waals surface area contributed by atoms with Crippen LogP contribution in [-0.4, -0.2) is 47.5 Å². The van der Waals surface area contributed by atoms with Crippen LogP contribution >= 0.6 is 11.8 Å². The number of nitrogens with two attached hydrogens (primary N) is 1. The first-order chi connectivity index (χ1) is 8.66. The minimum Gasteiger partial charge on any atom is -0.370 e. The lowest BCUT2D eigenvalue weighted by molar-refractivity contribution is -0.134. The van der Waals surface area contributed by atoms with E-state index in [-0.39, 0.29) is 17.9 Å². The van der Waals surface area contributed by atoms with E-state index in [2.05, 4.69) is 5.32 Å². The predicted molar refractivity (Wildman–Crippen MR) is 72.0 cm³/mol. The zero-order chi connectivity index (χ0) is 13.0. The van der Waals surface area contributed by atoms with Crippen LogP contribution in [0.3, 0.4) is 0 Å². The Labute approximate surface area is 112 Å². The quantitative estimate of drug-likeness (QED) is 0.763. The van der Waals surface area contributed by atoms with Crippen LogP contribution in [0.25, 0.3) is 0 Å². The van der Waals surface area contributed by atoms with Crippen LogP contribution in [0.15, 0.2) is 0 Å². The number of nitrogens with zero attached hydrogens (tertiary/aromatic N) is 1.